The third kappa shape index (κ3) is 1.66. The van der Waals surface area contributed by atoms with Crippen molar-refractivity contribution in [1.29, 1.82) is 0 Å². The van der Waals surface area contributed by atoms with Crippen molar-refractivity contribution in [2.75, 3.05) is 6.54 Å². The summed E-state index contributed by atoms with van der Waals surface area (Å²) in [7, 11) is 0. The van der Waals surface area contributed by atoms with Crippen molar-refractivity contribution in [2.24, 2.45) is 11.8 Å². The largest absolute Gasteiger partial charge is 0.314 e. The van der Waals surface area contributed by atoms with Gasteiger partial charge in [-0.3, -0.25) is 0 Å². The maximum Gasteiger partial charge on any atom is 0.00980 e. The van der Waals surface area contributed by atoms with Crippen LogP contribution in [0.25, 0.3) is 0 Å². The van der Waals surface area contributed by atoms with Crippen LogP contribution in [0.15, 0.2) is 0 Å². The predicted molar refractivity (Wildman–Crippen MR) is 52.1 cm³/mol. The first-order valence-electron chi connectivity index (χ1n) is 5.63. The van der Waals surface area contributed by atoms with Crippen LogP contribution < -0.4 is 5.32 Å². The van der Waals surface area contributed by atoms with Gasteiger partial charge in [-0.15, -0.1) is 0 Å². The first kappa shape index (κ1) is 8.55. The Bertz CT molecular complexity index is 144. The van der Waals surface area contributed by atoms with Crippen LogP contribution in [0.5, 0.6) is 0 Å². The van der Waals surface area contributed by atoms with Crippen LogP contribution >= 0.6 is 0 Å². The topological polar surface area (TPSA) is 12.0 Å². The van der Waals surface area contributed by atoms with Gasteiger partial charge in [0.15, 0.2) is 0 Å². The zero-order valence-corrected chi connectivity index (χ0v) is 8.18. The smallest absolute Gasteiger partial charge is 0.00980 e. The monoisotopic (exact) mass is 167 g/mol. The number of hydrogen-bond donors (Lipinski definition) is 1. The van der Waals surface area contributed by atoms with Crippen molar-refractivity contribution in [3.63, 3.8) is 0 Å². The molecule has 0 radical (unpaired) electrons. The third-order valence-corrected chi connectivity index (χ3v) is 3.67. The highest BCUT2D eigenvalue weighted by Gasteiger charge is 2.38. The van der Waals surface area contributed by atoms with Crippen molar-refractivity contribution >= 4 is 0 Å². The Kier molecular flexibility index (Phi) is 2.69. The lowest BCUT2D eigenvalue weighted by Crippen LogP contribution is -2.34. The molecule has 0 spiro atoms. The molecule has 0 heterocycles. The van der Waals surface area contributed by atoms with Gasteiger partial charge < -0.3 is 5.32 Å². The molecule has 2 saturated carbocycles. The van der Waals surface area contributed by atoms with Gasteiger partial charge in [0.2, 0.25) is 0 Å². The molecular formula is C11H21N. The van der Waals surface area contributed by atoms with Crippen molar-refractivity contribution in [2.45, 2.75) is 51.5 Å². The molecule has 3 atom stereocenters. The second-order valence-corrected chi connectivity index (χ2v) is 4.59. The first-order chi connectivity index (χ1) is 5.90. The van der Waals surface area contributed by atoms with E-state index in [9.17, 15) is 0 Å². The van der Waals surface area contributed by atoms with Crippen LogP contribution in [0.4, 0.5) is 0 Å². The van der Waals surface area contributed by atoms with Crippen molar-refractivity contribution in [3.8, 4) is 0 Å². The van der Waals surface area contributed by atoms with Crippen LogP contribution in [0.2, 0.25) is 0 Å². The molecule has 0 amide bonds. The number of fused-ring (bicyclic) bond motifs is 2. The van der Waals surface area contributed by atoms with E-state index < -0.39 is 0 Å². The molecule has 70 valence electrons. The normalized spacial score (nSPS) is 39.2. The molecule has 2 aliphatic carbocycles. The van der Waals surface area contributed by atoms with E-state index in [0.29, 0.717) is 0 Å². The Morgan fingerprint density at radius 3 is 2.75 bits per heavy atom. The van der Waals surface area contributed by atoms with Crippen molar-refractivity contribution in [1.82, 2.24) is 5.32 Å². The third-order valence-electron chi connectivity index (χ3n) is 3.67. The zero-order chi connectivity index (χ0) is 8.39. The van der Waals surface area contributed by atoms with Crippen LogP contribution in [0.3, 0.4) is 0 Å². The summed E-state index contributed by atoms with van der Waals surface area (Å²) < 4.78 is 0. The van der Waals surface area contributed by atoms with E-state index in [0.717, 1.165) is 17.9 Å². The summed E-state index contributed by atoms with van der Waals surface area (Å²) >= 11 is 0. The second kappa shape index (κ2) is 3.78. The standard InChI is InChI=1S/C11H21N/c1-2-3-6-12-11-8-9-4-5-10(11)7-9/h9-12H,2-8H2,1H3/t9-,10-,11+/m0/s1. The highest BCUT2D eigenvalue weighted by Crippen LogP contribution is 2.44. The SMILES string of the molecule is CCCCN[C@@H]1C[C@H]2CC[C@H]1C2. The molecule has 1 N–H and O–H groups in total. The van der Waals surface area contributed by atoms with Gasteiger partial charge in [0, 0.05) is 6.04 Å². The molecule has 0 unspecified atom stereocenters. The molecule has 2 aliphatic rings. The zero-order valence-electron chi connectivity index (χ0n) is 8.18. The minimum absolute atomic E-state index is 0.898. The molecule has 12 heavy (non-hydrogen) atoms. The summed E-state index contributed by atoms with van der Waals surface area (Å²) in [6.45, 7) is 3.52. The quantitative estimate of drug-likeness (QED) is 0.635. The summed E-state index contributed by atoms with van der Waals surface area (Å²) in [5.74, 6) is 2.14. The first-order valence-corrected chi connectivity index (χ1v) is 5.63. The van der Waals surface area contributed by atoms with Gasteiger partial charge in [0.05, 0.1) is 0 Å². The second-order valence-electron chi connectivity index (χ2n) is 4.59. The van der Waals surface area contributed by atoms with E-state index in [2.05, 4.69) is 12.2 Å². The summed E-state index contributed by atoms with van der Waals surface area (Å²) in [5, 5.41) is 3.71. The maximum absolute atomic E-state index is 3.71. The molecule has 2 bridgehead atoms. The van der Waals surface area contributed by atoms with Crippen molar-refractivity contribution < 1.29 is 0 Å². The minimum Gasteiger partial charge on any atom is -0.314 e. The van der Waals surface area contributed by atoms with Gasteiger partial charge in [0.1, 0.15) is 0 Å². The summed E-state index contributed by atoms with van der Waals surface area (Å²) in [6, 6.07) is 0.898. The maximum atomic E-state index is 3.71. The van der Waals surface area contributed by atoms with Gasteiger partial charge in [-0.25, -0.2) is 0 Å². The van der Waals surface area contributed by atoms with Crippen LogP contribution in [-0.4, -0.2) is 12.6 Å². The number of nitrogens with one attached hydrogen (secondary N) is 1. The van der Waals surface area contributed by atoms with Crippen LogP contribution in [0, 0.1) is 11.8 Å². The lowest BCUT2D eigenvalue weighted by molar-refractivity contribution is 0.350. The molecule has 2 fully saturated rings. The van der Waals surface area contributed by atoms with E-state index in [1.54, 1.807) is 0 Å². The van der Waals surface area contributed by atoms with E-state index in [-0.39, 0.29) is 0 Å². The lowest BCUT2D eigenvalue weighted by atomic mass is 9.95. The van der Waals surface area contributed by atoms with E-state index >= 15 is 0 Å². The minimum atomic E-state index is 0.898. The fourth-order valence-corrected chi connectivity index (χ4v) is 2.96. The molecule has 2 rings (SSSR count). The average molecular weight is 167 g/mol. The summed E-state index contributed by atoms with van der Waals surface area (Å²) in [4.78, 5) is 0. The molecule has 0 aromatic rings. The van der Waals surface area contributed by atoms with Gasteiger partial charge in [0.25, 0.3) is 0 Å². The Morgan fingerprint density at radius 2 is 2.17 bits per heavy atom. The molecule has 0 saturated heterocycles. The molecular weight excluding hydrogens is 146 g/mol. The Balaban J connectivity index is 1.69. The van der Waals surface area contributed by atoms with Crippen LogP contribution in [0.1, 0.15) is 45.4 Å². The fraction of sp³-hybridized carbons (Fsp3) is 1.00. The Hall–Kier alpha value is -0.0400. The van der Waals surface area contributed by atoms with Gasteiger partial charge >= 0.3 is 0 Å². The molecule has 0 aromatic heterocycles. The number of hydrogen-bond acceptors (Lipinski definition) is 1. The molecule has 1 heteroatoms. The number of unbranched alkanes of at least 4 members (excludes halogenated alkanes) is 1. The lowest BCUT2D eigenvalue weighted by Gasteiger charge is -2.22. The van der Waals surface area contributed by atoms with E-state index in [4.69, 9.17) is 0 Å². The summed E-state index contributed by atoms with van der Waals surface area (Å²) in [5.41, 5.74) is 0. The average Bonchev–Trinajstić information content (AvgIpc) is 2.65. The fourth-order valence-electron chi connectivity index (χ4n) is 2.96. The summed E-state index contributed by atoms with van der Waals surface area (Å²) in [6.07, 6.45) is 8.73. The van der Waals surface area contributed by atoms with E-state index in [1.165, 1.54) is 45.1 Å². The number of rotatable bonds is 4. The molecule has 0 aliphatic heterocycles. The molecule has 1 nitrogen and oxygen atoms in total. The van der Waals surface area contributed by atoms with Gasteiger partial charge in [-0.05, 0) is 44.1 Å². The van der Waals surface area contributed by atoms with E-state index in [1.807, 2.05) is 0 Å². The highest BCUT2D eigenvalue weighted by molar-refractivity contribution is 4.93. The Morgan fingerprint density at radius 1 is 1.25 bits per heavy atom. The van der Waals surface area contributed by atoms with Gasteiger partial charge in [-0.2, -0.15) is 0 Å². The molecule has 0 aromatic carbocycles. The Labute approximate surface area is 75.9 Å². The highest BCUT2D eigenvalue weighted by atomic mass is 14.9. The van der Waals surface area contributed by atoms with Gasteiger partial charge in [-0.1, -0.05) is 19.8 Å². The van der Waals surface area contributed by atoms with Crippen LogP contribution in [-0.2, 0) is 0 Å². The van der Waals surface area contributed by atoms with Crippen molar-refractivity contribution in [3.05, 3.63) is 0 Å². The predicted octanol–water partition coefficient (Wildman–Crippen LogP) is 2.56.